The Hall–Kier alpha value is -0.850. The number of carbonyl (C=O) groups excluding carboxylic acids is 1. The van der Waals surface area contributed by atoms with Crippen LogP contribution in [-0.4, -0.2) is 65.1 Å². The van der Waals surface area contributed by atoms with Crippen molar-refractivity contribution in [2.45, 2.75) is 100 Å². The number of piperidine rings is 2. The fraction of sp³-hybridized carbons (Fsp3) is 0.955. The Bertz CT molecular complexity index is 621. The number of rotatable bonds is 3. The number of aliphatic hydroxyl groups is 1. The van der Waals surface area contributed by atoms with Gasteiger partial charge in [-0.2, -0.15) is 0 Å². The second-order valence-corrected chi connectivity index (χ2v) is 10.7. The van der Waals surface area contributed by atoms with Crippen LogP contribution in [0.3, 0.4) is 0 Å². The van der Waals surface area contributed by atoms with Crippen LogP contribution in [0.25, 0.3) is 0 Å². The second-order valence-electron chi connectivity index (χ2n) is 10.7. The molecular weight excluding hydrogens is 354 g/mol. The molecule has 7 rings (SSSR count). The van der Waals surface area contributed by atoms with E-state index in [0.29, 0.717) is 48.1 Å². The van der Waals surface area contributed by atoms with Crippen molar-refractivity contribution in [3.8, 4) is 0 Å². The molecule has 0 aromatic carbocycles. The summed E-state index contributed by atoms with van der Waals surface area (Å²) >= 11 is 0. The minimum atomic E-state index is -0.414. The van der Waals surface area contributed by atoms with Gasteiger partial charge in [0.25, 0.3) is 0 Å². The second kappa shape index (κ2) is 6.58. The SMILES string of the molecule is O=C(N[C@H]1C2CC3C[C@](O)(C2)CC31)N1C2CC[C@@H]1CC(OC1CCNCC1)C2. The Morgan fingerprint density at radius 3 is 2.39 bits per heavy atom. The van der Waals surface area contributed by atoms with Crippen LogP contribution in [-0.2, 0) is 4.74 Å². The molecular formula is C22H35N3O3. The van der Waals surface area contributed by atoms with Crippen molar-refractivity contribution >= 4 is 6.03 Å². The molecule has 3 heterocycles. The third kappa shape index (κ3) is 2.90. The largest absolute Gasteiger partial charge is 0.390 e. The highest BCUT2D eigenvalue weighted by Crippen LogP contribution is 2.60. The van der Waals surface area contributed by atoms with Crippen molar-refractivity contribution in [3.05, 3.63) is 0 Å². The van der Waals surface area contributed by atoms with Gasteiger partial charge in [0.2, 0.25) is 0 Å². The lowest BCUT2D eigenvalue weighted by Crippen LogP contribution is -2.57. The van der Waals surface area contributed by atoms with Gasteiger partial charge in [-0.3, -0.25) is 0 Å². The minimum Gasteiger partial charge on any atom is -0.390 e. The smallest absolute Gasteiger partial charge is 0.318 e. The van der Waals surface area contributed by atoms with Crippen LogP contribution < -0.4 is 10.6 Å². The van der Waals surface area contributed by atoms with Crippen LogP contribution in [0.15, 0.2) is 0 Å². The molecule has 6 nitrogen and oxygen atoms in total. The highest BCUT2D eigenvalue weighted by Gasteiger charge is 2.60. The number of fused-ring (bicyclic) bond motifs is 2. The summed E-state index contributed by atoms with van der Waals surface area (Å²) < 4.78 is 6.44. The molecule has 28 heavy (non-hydrogen) atoms. The van der Waals surface area contributed by atoms with E-state index in [1.807, 2.05) is 0 Å². The van der Waals surface area contributed by atoms with Crippen LogP contribution in [0, 0.1) is 17.8 Å². The third-order valence-electron chi connectivity index (χ3n) is 8.97. The molecule has 0 aromatic heterocycles. The molecule has 3 saturated heterocycles. The number of amides is 2. The number of nitrogens with zero attached hydrogens (tertiary/aromatic N) is 1. The van der Waals surface area contributed by atoms with E-state index in [0.717, 1.165) is 70.9 Å². The molecule has 7 fully saturated rings. The first kappa shape index (κ1) is 18.0. The van der Waals surface area contributed by atoms with Crippen molar-refractivity contribution in [1.82, 2.24) is 15.5 Å². The molecule has 6 bridgehead atoms. The maximum Gasteiger partial charge on any atom is 0.318 e. The third-order valence-corrected chi connectivity index (χ3v) is 8.97. The fourth-order valence-corrected chi connectivity index (χ4v) is 7.97. The number of urea groups is 1. The van der Waals surface area contributed by atoms with Gasteiger partial charge in [0.1, 0.15) is 0 Å². The average molecular weight is 390 g/mol. The number of ether oxygens (including phenoxy) is 1. The average Bonchev–Trinajstić information content (AvgIpc) is 3.17. The maximum atomic E-state index is 13.2. The molecule has 3 aliphatic heterocycles. The molecule has 2 amide bonds. The van der Waals surface area contributed by atoms with Gasteiger partial charge in [-0.05, 0) is 95.1 Å². The van der Waals surface area contributed by atoms with Crippen molar-refractivity contribution < 1.29 is 14.6 Å². The zero-order valence-electron chi connectivity index (χ0n) is 16.8. The number of nitrogens with one attached hydrogen (secondary N) is 2. The van der Waals surface area contributed by atoms with Crippen molar-refractivity contribution in [2.24, 2.45) is 17.8 Å². The molecule has 3 N–H and O–H groups in total. The monoisotopic (exact) mass is 389 g/mol. The minimum absolute atomic E-state index is 0.167. The van der Waals surface area contributed by atoms with E-state index >= 15 is 0 Å². The Labute approximate surface area is 167 Å². The van der Waals surface area contributed by atoms with Crippen LogP contribution in [0.1, 0.15) is 64.2 Å². The molecule has 156 valence electrons. The Morgan fingerprint density at radius 2 is 1.68 bits per heavy atom. The predicted octanol–water partition coefficient (Wildman–Crippen LogP) is 2.01. The predicted molar refractivity (Wildman–Crippen MR) is 105 cm³/mol. The molecule has 0 aromatic rings. The van der Waals surface area contributed by atoms with Crippen LogP contribution in [0.5, 0.6) is 0 Å². The lowest BCUT2D eigenvalue weighted by Gasteiger charge is -2.43. The first-order valence-corrected chi connectivity index (χ1v) is 11.8. The zero-order valence-corrected chi connectivity index (χ0v) is 16.8. The summed E-state index contributed by atoms with van der Waals surface area (Å²) in [5, 5.41) is 17.5. The zero-order chi connectivity index (χ0) is 18.9. The standard InChI is InChI=1S/C22H35N3O3/c26-21(24-20-14-7-13-10-22(27,11-14)12-19(13)20)25-15-1-2-16(25)9-18(8-15)28-17-3-5-23-6-4-17/h13-20,23,27H,1-12H2,(H,24,26)/t13?,14?,15-,16?,18?,19?,20+,22+/m1/s1. The van der Waals surface area contributed by atoms with Gasteiger partial charge in [-0.25, -0.2) is 4.79 Å². The Morgan fingerprint density at radius 1 is 0.964 bits per heavy atom. The summed E-state index contributed by atoms with van der Waals surface area (Å²) in [7, 11) is 0. The quantitative estimate of drug-likeness (QED) is 0.690. The van der Waals surface area contributed by atoms with Gasteiger partial charge in [0, 0.05) is 18.1 Å². The van der Waals surface area contributed by atoms with Crippen LogP contribution in [0.2, 0.25) is 0 Å². The number of hydrogen-bond donors (Lipinski definition) is 3. The normalized spacial score (nSPS) is 49.8. The maximum absolute atomic E-state index is 13.2. The van der Waals surface area contributed by atoms with E-state index in [1.54, 1.807) is 0 Å². The van der Waals surface area contributed by atoms with E-state index in [2.05, 4.69) is 15.5 Å². The topological polar surface area (TPSA) is 73.8 Å². The molecule has 4 saturated carbocycles. The lowest BCUT2D eigenvalue weighted by atomic mass is 9.76. The molecule has 7 aliphatic rings. The Kier molecular flexibility index (Phi) is 4.22. The van der Waals surface area contributed by atoms with Gasteiger partial charge in [0.15, 0.2) is 0 Å². The summed E-state index contributed by atoms with van der Waals surface area (Å²) in [6, 6.07) is 1.17. The molecule has 4 aliphatic carbocycles. The van der Waals surface area contributed by atoms with Gasteiger partial charge in [-0.1, -0.05) is 0 Å². The summed E-state index contributed by atoms with van der Waals surface area (Å²) in [5.74, 6) is 1.63. The molecule has 6 heteroatoms. The van der Waals surface area contributed by atoms with E-state index in [-0.39, 0.29) is 6.03 Å². The van der Waals surface area contributed by atoms with E-state index in [9.17, 15) is 9.90 Å². The summed E-state index contributed by atoms with van der Waals surface area (Å²) in [5.41, 5.74) is -0.414. The molecule has 0 spiro atoms. The van der Waals surface area contributed by atoms with Gasteiger partial charge < -0.3 is 25.4 Å². The first-order valence-electron chi connectivity index (χ1n) is 11.8. The number of hydrogen-bond acceptors (Lipinski definition) is 4. The summed E-state index contributed by atoms with van der Waals surface area (Å²) in [4.78, 5) is 15.4. The molecule has 8 atom stereocenters. The van der Waals surface area contributed by atoms with Gasteiger partial charge in [-0.15, -0.1) is 0 Å². The molecule has 0 radical (unpaired) electrons. The lowest BCUT2D eigenvalue weighted by molar-refractivity contribution is -0.0629. The highest BCUT2D eigenvalue weighted by atomic mass is 16.5. The van der Waals surface area contributed by atoms with Crippen molar-refractivity contribution in [3.63, 3.8) is 0 Å². The number of carbonyl (C=O) groups is 1. The van der Waals surface area contributed by atoms with E-state index < -0.39 is 5.60 Å². The van der Waals surface area contributed by atoms with Crippen LogP contribution >= 0.6 is 0 Å². The van der Waals surface area contributed by atoms with E-state index in [1.165, 1.54) is 6.42 Å². The van der Waals surface area contributed by atoms with Crippen molar-refractivity contribution in [1.29, 1.82) is 0 Å². The highest BCUT2D eigenvalue weighted by molar-refractivity contribution is 5.76. The van der Waals surface area contributed by atoms with Crippen molar-refractivity contribution in [2.75, 3.05) is 13.1 Å². The fourth-order valence-electron chi connectivity index (χ4n) is 7.97. The first-order chi connectivity index (χ1) is 13.6. The van der Waals surface area contributed by atoms with Gasteiger partial charge in [0.05, 0.1) is 17.8 Å². The van der Waals surface area contributed by atoms with Gasteiger partial charge >= 0.3 is 6.03 Å². The van der Waals surface area contributed by atoms with Crippen LogP contribution in [0.4, 0.5) is 4.79 Å². The van der Waals surface area contributed by atoms with E-state index in [4.69, 9.17) is 4.74 Å². The molecule has 5 unspecified atom stereocenters. The summed E-state index contributed by atoms with van der Waals surface area (Å²) in [6.07, 6.45) is 11.2. The Balaban J connectivity index is 1.08. The summed E-state index contributed by atoms with van der Waals surface area (Å²) in [6.45, 7) is 2.14.